The Morgan fingerprint density at radius 2 is 1.86 bits per heavy atom. The number of hydrogen-bond acceptors (Lipinski definition) is 1. The molecule has 0 bridgehead atoms. The van der Waals surface area contributed by atoms with E-state index in [0.717, 1.165) is 30.6 Å². The first kappa shape index (κ1) is 15.7. The molecule has 122 valence electrons. The van der Waals surface area contributed by atoms with Crippen LogP contribution in [0.4, 0.5) is 0 Å². The van der Waals surface area contributed by atoms with Crippen molar-refractivity contribution in [2.45, 2.75) is 71.6 Å². The van der Waals surface area contributed by atoms with Crippen LogP contribution >= 0.6 is 22.6 Å². The van der Waals surface area contributed by atoms with E-state index >= 15 is 0 Å². The molecule has 4 saturated carbocycles. The van der Waals surface area contributed by atoms with E-state index in [9.17, 15) is 4.79 Å². The Hall–Kier alpha value is 0.140. The van der Waals surface area contributed by atoms with Gasteiger partial charge in [0.25, 0.3) is 0 Å². The minimum absolute atomic E-state index is 0.467. The van der Waals surface area contributed by atoms with Crippen LogP contribution in [0.3, 0.4) is 0 Å². The molecule has 4 aliphatic rings. The van der Waals surface area contributed by atoms with Gasteiger partial charge >= 0.3 is 0 Å². The molecule has 0 amide bonds. The fourth-order valence-electron chi connectivity index (χ4n) is 7.07. The topological polar surface area (TPSA) is 17.1 Å². The van der Waals surface area contributed by atoms with Gasteiger partial charge in [0.15, 0.2) is 0 Å². The maximum Gasteiger partial charge on any atom is 0.133 e. The van der Waals surface area contributed by atoms with Gasteiger partial charge in [0.1, 0.15) is 5.78 Å². The van der Waals surface area contributed by atoms with Crippen LogP contribution in [0.15, 0.2) is 9.66 Å². The number of fused-ring (bicyclic) bond motifs is 5. The first-order valence-electron chi connectivity index (χ1n) is 9.30. The molecule has 0 heterocycles. The zero-order chi connectivity index (χ0) is 15.5. The van der Waals surface area contributed by atoms with Crippen molar-refractivity contribution < 1.29 is 4.79 Å². The highest BCUT2D eigenvalue weighted by Gasteiger charge is 2.58. The second-order valence-electron chi connectivity index (χ2n) is 9.03. The van der Waals surface area contributed by atoms with Crippen LogP contribution < -0.4 is 0 Å². The average molecular weight is 412 g/mol. The lowest BCUT2D eigenvalue weighted by Crippen LogP contribution is -2.52. The van der Waals surface area contributed by atoms with E-state index in [2.05, 4.69) is 40.5 Å². The minimum Gasteiger partial charge on any atom is -0.300 e. The van der Waals surface area contributed by atoms with Crippen molar-refractivity contribution in [1.29, 1.82) is 0 Å². The Morgan fingerprint density at radius 1 is 1.05 bits per heavy atom. The van der Waals surface area contributed by atoms with Gasteiger partial charge in [0.2, 0.25) is 0 Å². The molecule has 1 nitrogen and oxygen atoms in total. The molecule has 0 aliphatic heterocycles. The lowest BCUT2D eigenvalue weighted by Gasteiger charge is -2.59. The summed E-state index contributed by atoms with van der Waals surface area (Å²) in [4.78, 5) is 11.9. The summed E-state index contributed by atoms with van der Waals surface area (Å²) < 4.78 is 2.39. The van der Waals surface area contributed by atoms with Crippen LogP contribution in [0, 0.1) is 34.5 Å². The summed E-state index contributed by atoms with van der Waals surface area (Å²) in [6.07, 6.45) is 11.2. The van der Waals surface area contributed by atoms with Gasteiger partial charge in [-0.15, -0.1) is 0 Å². The predicted octanol–water partition coefficient (Wildman–Crippen LogP) is 5.92. The number of rotatable bonds is 0. The number of carbonyl (C=O) groups excluding carboxylic acids is 1. The zero-order valence-electron chi connectivity index (χ0n) is 14.0. The van der Waals surface area contributed by atoms with E-state index in [-0.39, 0.29) is 0 Å². The van der Waals surface area contributed by atoms with Crippen molar-refractivity contribution in [3.63, 3.8) is 0 Å². The van der Waals surface area contributed by atoms with Crippen LogP contribution in [0.2, 0.25) is 0 Å². The number of carbonyl (C=O) groups is 1. The van der Waals surface area contributed by atoms with Gasteiger partial charge in [-0.2, -0.15) is 0 Å². The Kier molecular flexibility index (Phi) is 3.79. The molecule has 0 aromatic carbocycles. The van der Waals surface area contributed by atoms with E-state index < -0.39 is 0 Å². The molecule has 0 spiro atoms. The molecule has 6 atom stereocenters. The molecule has 4 fully saturated rings. The Bertz CT molecular complexity index is 524. The van der Waals surface area contributed by atoms with Crippen LogP contribution in [0.25, 0.3) is 0 Å². The summed E-state index contributed by atoms with van der Waals surface area (Å²) in [6, 6.07) is 0. The predicted molar refractivity (Wildman–Crippen MR) is 98.8 cm³/mol. The number of Topliss-reactive ketones (excluding diaryl/α,β-unsaturated/α-hetero) is 1. The van der Waals surface area contributed by atoms with Crippen LogP contribution in [0.5, 0.6) is 0 Å². The molecule has 4 aliphatic carbocycles. The Balaban J connectivity index is 1.65. The summed E-state index contributed by atoms with van der Waals surface area (Å²) in [6.45, 7) is 5.11. The molecule has 4 unspecified atom stereocenters. The first-order valence-corrected chi connectivity index (χ1v) is 10.5. The van der Waals surface area contributed by atoms with Crippen LogP contribution in [-0.4, -0.2) is 5.78 Å². The monoisotopic (exact) mass is 412 g/mol. The summed E-state index contributed by atoms with van der Waals surface area (Å²) in [5, 5.41) is 0. The SMILES string of the molecule is C[C@]12CCC(=O)CC1CCC1C2CC[C@]2(C)/C(=C\I)CCC12. The van der Waals surface area contributed by atoms with Crippen molar-refractivity contribution in [3.8, 4) is 0 Å². The lowest BCUT2D eigenvalue weighted by molar-refractivity contribution is -0.136. The highest BCUT2D eigenvalue weighted by atomic mass is 127. The third kappa shape index (κ3) is 2.04. The zero-order valence-corrected chi connectivity index (χ0v) is 16.2. The number of allylic oxidation sites excluding steroid dienone is 1. The van der Waals surface area contributed by atoms with Gasteiger partial charge in [-0.1, -0.05) is 42.0 Å². The van der Waals surface area contributed by atoms with Gasteiger partial charge in [0.05, 0.1) is 0 Å². The molecular weight excluding hydrogens is 383 g/mol. The lowest BCUT2D eigenvalue weighted by atomic mass is 9.45. The molecular formula is C20H29IO. The van der Waals surface area contributed by atoms with Crippen LogP contribution in [-0.2, 0) is 4.79 Å². The number of halogens is 1. The fourth-order valence-corrected chi connectivity index (χ4v) is 8.10. The van der Waals surface area contributed by atoms with Crippen LogP contribution in [0.1, 0.15) is 71.6 Å². The van der Waals surface area contributed by atoms with Crippen molar-refractivity contribution in [1.82, 2.24) is 0 Å². The van der Waals surface area contributed by atoms with Crippen molar-refractivity contribution in [2.24, 2.45) is 34.5 Å². The summed E-state index contributed by atoms with van der Waals surface area (Å²) in [5.41, 5.74) is 2.70. The van der Waals surface area contributed by atoms with Crippen molar-refractivity contribution >= 4 is 28.4 Å². The second-order valence-corrected chi connectivity index (χ2v) is 9.65. The molecule has 0 aromatic rings. The molecule has 0 saturated heterocycles. The quantitative estimate of drug-likeness (QED) is 0.452. The average Bonchev–Trinajstić information content (AvgIpc) is 2.84. The second kappa shape index (κ2) is 5.32. The van der Waals surface area contributed by atoms with Gasteiger partial charge in [-0.05, 0) is 83.5 Å². The van der Waals surface area contributed by atoms with E-state index in [0.29, 0.717) is 22.5 Å². The highest BCUT2D eigenvalue weighted by Crippen LogP contribution is 2.67. The van der Waals surface area contributed by atoms with Gasteiger partial charge in [-0.3, -0.25) is 4.79 Å². The van der Waals surface area contributed by atoms with E-state index in [1.807, 2.05) is 0 Å². The smallest absolute Gasteiger partial charge is 0.133 e. The minimum atomic E-state index is 0.467. The van der Waals surface area contributed by atoms with E-state index in [1.165, 1.54) is 44.9 Å². The third-order valence-corrected chi connectivity index (χ3v) is 9.21. The Labute approximate surface area is 148 Å². The maximum absolute atomic E-state index is 11.9. The number of hydrogen-bond donors (Lipinski definition) is 0. The van der Waals surface area contributed by atoms with Gasteiger partial charge in [0, 0.05) is 12.8 Å². The first-order chi connectivity index (χ1) is 10.5. The number of ketones is 1. The molecule has 2 heteroatoms. The molecule has 0 N–H and O–H groups in total. The molecule has 22 heavy (non-hydrogen) atoms. The van der Waals surface area contributed by atoms with E-state index in [1.54, 1.807) is 5.57 Å². The molecule has 0 radical (unpaired) electrons. The highest BCUT2D eigenvalue weighted by molar-refractivity contribution is 14.1. The normalized spacial score (nSPS) is 53.0. The van der Waals surface area contributed by atoms with Gasteiger partial charge in [-0.25, -0.2) is 0 Å². The largest absolute Gasteiger partial charge is 0.300 e. The summed E-state index contributed by atoms with van der Waals surface area (Å²) >= 11 is 2.47. The molecule has 0 aromatic heterocycles. The van der Waals surface area contributed by atoms with E-state index in [4.69, 9.17) is 0 Å². The van der Waals surface area contributed by atoms with Crippen molar-refractivity contribution in [3.05, 3.63) is 9.66 Å². The third-order valence-electron chi connectivity index (χ3n) is 8.46. The summed E-state index contributed by atoms with van der Waals surface area (Å²) in [5.74, 6) is 3.98. The Morgan fingerprint density at radius 3 is 2.64 bits per heavy atom. The maximum atomic E-state index is 11.9. The van der Waals surface area contributed by atoms with Gasteiger partial charge < -0.3 is 0 Å². The summed E-state index contributed by atoms with van der Waals surface area (Å²) in [7, 11) is 0. The fraction of sp³-hybridized carbons (Fsp3) is 0.850. The molecule has 4 rings (SSSR count). The standard InChI is InChI=1S/C20H29IO/c1-19-9-7-15(22)11-13(19)3-5-16-17-6-4-14(12-21)20(17,2)10-8-18(16)19/h12-13,16-18H,3-11H2,1-2H3/b14-12-/t13?,16?,17?,18?,19-,20+/m0/s1. The van der Waals surface area contributed by atoms with Crippen molar-refractivity contribution in [2.75, 3.05) is 0 Å².